The first-order valence-corrected chi connectivity index (χ1v) is 6.80. The largest absolute Gasteiger partial charge is 0.294 e. The molecule has 1 nitrogen and oxygen atoms in total. The van der Waals surface area contributed by atoms with Gasteiger partial charge in [-0.2, -0.15) is 0 Å². The quantitative estimate of drug-likeness (QED) is 0.740. The van der Waals surface area contributed by atoms with Gasteiger partial charge in [-0.3, -0.25) is 4.79 Å². The van der Waals surface area contributed by atoms with E-state index in [1.54, 1.807) is 0 Å². The maximum Gasteiger partial charge on any atom is 0.163 e. The van der Waals surface area contributed by atoms with Crippen LogP contribution in [0.1, 0.15) is 35.2 Å². The van der Waals surface area contributed by atoms with Crippen LogP contribution < -0.4 is 0 Å². The highest BCUT2D eigenvalue weighted by Gasteiger charge is 2.12. The Morgan fingerprint density at radius 3 is 2.28 bits per heavy atom. The van der Waals surface area contributed by atoms with Crippen LogP contribution >= 0.6 is 15.9 Å². The topological polar surface area (TPSA) is 17.1 Å². The van der Waals surface area contributed by atoms with E-state index < -0.39 is 0 Å². The zero-order valence-electron chi connectivity index (χ0n) is 10.3. The fourth-order valence-electron chi connectivity index (χ4n) is 1.93. The average molecular weight is 303 g/mol. The molecule has 0 aliphatic carbocycles. The van der Waals surface area contributed by atoms with Gasteiger partial charge in [-0.25, -0.2) is 0 Å². The monoisotopic (exact) mass is 302 g/mol. The molecular formula is C16H15BrO. The Hall–Kier alpha value is -1.41. The van der Waals surface area contributed by atoms with Crippen molar-refractivity contribution in [1.29, 1.82) is 0 Å². The molecule has 0 spiro atoms. The standard InChI is InChI=1S/C16H15BrO/c1-12(13-7-9-15(17)10-8-13)11-16(18)14-5-3-2-4-6-14/h2-10,12H,11H2,1H3. The van der Waals surface area contributed by atoms with E-state index in [1.807, 2.05) is 42.5 Å². The molecule has 92 valence electrons. The zero-order valence-corrected chi connectivity index (χ0v) is 11.9. The lowest BCUT2D eigenvalue weighted by atomic mass is 9.93. The van der Waals surface area contributed by atoms with E-state index in [0.717, 1.165) is 10.0 Å². The molecular weight excluding hydrogens is 288 g/mol. The lowest BCUT2D eigenvalue weighted by Crippen LogP contribution is -2.04. The van der Waals surface area contributed by atoms with E-state index in [0.29, 0.717) is 6.42 Å². The molecule has 0 aliphatic heterocycles. The minimum absolute atomic E-state index is 0.200. The summed E-state index contributed by atoms with van der Waals surface area (Å²) in [6, 6.07) is 17.6. The highest BCUT2D eigenvalue weighted by Crippen LogP contribution is 2.22. The van der Waals surface area contributed by atoms with Gasteiger partial charge in [0.15, 0.2) is 5.78 Å². The molecule has 18 heavy (non-hydrogen) atoms. The normalized spacial score (nSPS) is 12.1. The lowest BCUT2D eigenvalue weighted by Gasteiger charge is -2.11. The maximum absolute atomic E-state index is 12.1. The summed E-state index contributed by atoms with van der Waals surface area (Å²) >= 11 is 3.42. The van der Waals surface area contributed by atoms with Gasteiger partial charge < -0.3 is 0 Å². The number of carbonyl (C=O) groups is 1. The van der Waals surface area contributed by atoms with Gasteiger partial charge >= 0.3 is 0 Å². The van der Waals surface area contributed by atoms with E-state index in [4.69, 9.17) is 0 Å². The fraction of sp³-hybridized carbons (Fsp3) is 0.188. The summed E-state index contributed by atoms with van der Waals surface area (Å²) in [5.41, 5.74) is 1.99. The second kappa shape index (κ2) is 5.96. The summed E-state index contributed by atoms with van der Waals surface area (Å²) in [7, 11) is 0. The summed E-state index contributed by atoms with van der Waals surface area (Å²) < 4.78 is 1.06. The third-order valence-corrected chi connectivity index (χ3v) is 3.56. The molecule has 2 aromatic carbocycles. The number of Topliss-reactive ketones (excluding diaryl/α,β-unsaturated/α-hetero) is 1. The van der Waals surface area contributed by atoms with E-state index in [9.17, 15) is 4.79 Å². The Morgan fingerprint density at radius 2 is 1.67 bits per heavy atom. The molecule has 0 radical (unpaired) electrons. The summed E-state index contributed by atoms with van der Waals surface area (Å²) in [5.74, 6) is 0.442. The number of hydrogen-bond donors (Lipinski definition) is 0. The number of carbonyl (C=O) groups excluding carboxylic acids is 1. The molecule has 0 saturated carbocycles. The van der Waals surface area contributed by atoms with Crippen molar-refractivity contribution in [3.63, 3.8) is 0 Å². The van der Waals surface area contributed by atoms with Gasteiger partial charge in [0.05, 0.1) is 0 Å². The molecule has 0 aromatic heterocycles. The van der Waals surface area contributed by atoms with Crippen LogP contribution in [0, 0.1) is 0 Å². The SMILES string of the molecule is CC(CC(=O)c1ccccc1)c1ccc(Br)cc1. The molecule has 2 heteroatoms. The molecule has 0 saturated heterocycles. The molecule has 0 heterocycles. The van der Waals surface area contributed by atoms with E-state index in [-0.39, 0.29) is 11.7 Å². The second-order valence-electron chi connectivity index (χ2n) is 4.45. The minimum Gasteiger partial charge on any atom is -0.294 e. The first-order chi connectivity index (χ1) is 8.66. The fourth-order valence-corrected chi connectivity index (χ4v) is 2.19. The van der Waals surface area contributed by atoms with Crippen LogP contribution in [-0.2, 0) is 0 Å². The molecule has 2 aromatic rings. The Kier molecular flexibility index (Phi) is 4.32. The van der Waals surface area contributed by atoms with Gasteiger partial charge in [0.25, 0.3) is 0 Å². The molecule has 0 bridgehead atoms. The van der Waals surface area contributed by atoms with E-state index in [1.165, 1.54) is 5.56 Å². The first-order valence-electron chi connectivity index (χ1n) is 6.00. The third-order valence-electron chi connectivity index (χ3n) is 3.03. The van der Waals surface area contributed by atoms with Gasteiger partial charge in [-0.05, 0) is 23.6 Å². The number of benzene rings is 2. The Morgan fingerprint density at radius 1 is 1.06 bits per heavy atom. The highest BCUT2D eigenvalue weighted by atomic mass is 79.9. The Bertz CT molecular complexity index is 517. The van der Waals surface area contributed by atoms with Crippen LogP contribution in [0.15, 0.2) is 59.1 Å². The van der Waals surface area contributed by atoms with Gasteiger partial charge in [-0.1, -0.05) is 65.3 Å². The molecule has 0 amide bonds. The van der Waals surface area contributed by atoms with E-state index >= 15 is 0 Å². The van der Waals surface area contributed by atoms with Crippen molar-refractivity contribution in [2.75, 3.05) is 0 Å². The van der Waals surface area contributed by atoms with Crippen molar-refractivity contribution in [2.45, 2.75) is 19.3 Å². The number of hydrogen-bond acceptors (Lipinski definition) is 1. The van der Waals surface area contributed by atoms with Crippen LogP contribution in [-0.4, -0.2) is 5.78 Å². The van der Waals surface area contributed by atoms with Crippen LogP contribution in [0.4, 0.5) is 0 Å². The minimum atomic E-state index is 0.200. The predicted octanol–water partition coefficient (Wildman–Crippen LogP) is 4.83. The smallest absolute Gasteiger partial charge is 0.163 e. The predicted molar refractivity (Wildman–Crippen MR) is 77.9 cm³/mol. The molecule has 0 fully saturated rings. The third kappa shape index (κ3) is 3.30. The van der Waals surface area contributed by atoms with E-state index in [2.05, 4.69) is 35.0 Å². The average Bonchev–Trinajstić information content (AvgIpc) is 2.40. The first kappa shape index (κ1) is 13.0. The summed E-state index contributed by atoms with van der Waals surface area (Å²) in [5, 5.41) is 0. The number of ketones is 1. The van der Waals surface area contributed by atoms with Crippen LogP contribution in [0.3, 0.4) is 0 Å². The van der Waals surface area contributed by atoms with Gasteiger partial charge in [0, 0.05) is 16.5 Å². The Labute approximate surface area is 116 Å². The Balaban J connectivity index is 2.06. The van der Waals surface area contributed by atoms with Crippen molar-refractivity contribution in [1.82, 2.24) is 0 Å². The van der Waals surface area contributed by atoms with Gasteiger partial charge in [0.1, 0.15) is 0 Å². The summed E-state index contributed by atoms with van der Waals surface area (Å²) in [6.45, 7) is 2.09. The number of halogens is 1. The van der Waals surface area contributed by atoms with Crippen molar-refractivity contribution in [3.05, 3.63) is 70.2 Å². The highest BCUT2D eigenvalue weighted by molar-refractivity contribution is 9.10. The van der Waals surface area contributed by atoms with Crippen LogP contribution in [0.2, 0.25) is 0 Å². The van der Waals surface area contributed by atoms with Gasteiger partial charge in [-0.15, -0.1) is 0 Å². The van der Waals surface area contributed by atoms with Crippen LogP contribution in [0.25, 0.3) is 0 Å². The molecule has 2 rings (SSSR count). The molecule has 1 unspecified atom stereocenters. The van der Waals surface area contributed by atoms with Crippen molar-refractivity contribution in [3.8, 4) is 0 Å². The van der Waals surface area contributed by atoms with Crippen LogP contribution in [0.5, 0.6) is 0 Å². The molecule has 1 atom stereocenters. The zero-order chi connectivity index (χ0) is 13.0. The van der Waals surface area contributed by atoms with Crippen molar-refractivity contribution < 1.29 is 4.79 Å². The molecule has 0 aliphatic rings. The molecule has 0 N–H and O–H groups in total. The second-order valence-corrected chi connectivity index (χ2v) is 5.36. The van der Waals surface area contributed by atoms with Crippen molar-refractivity contribution >= 4 is 21.7 Å². The maximum atomic E-state index is 12.1. The summed E-state index contributed by atoms with van der Waals surface area (Å²) in [6.07, 6.45) is 0.547. The number of rotatable bonds is 4. The van der Waals surface area contributed by atoms with Gasteiger partial charge in [0.2, 0.25) is 0 Å². The van der Waals surface area contributed by atoms with Crippen molar-refractivity contribution in [2.24, 2.45) is 0 Å². The summed E-state index contributed by atoms with van der Waals surface area (Å²) in [4.78, 5) is 12.1. The lowest BCUT2D eigenvalue weighted by molar-refractivity contribution is 0.0975.